The van der Waals surface area contributed by atoms with Crippen molar-refractivity contribution in [3.05, 3.63) is 30.1 Å². The third-order valence-electron chi connectivity index (χ3n) is 4.43. The van der Waals surface area contributed by atoms with E-state index in [2.05, 4.69) is 35.1 Å². The molecule has 6 nitrogen and oxygen atoms in total. The van der Waals surface area contributed by atoms with E-state index in [4.69, 9.17) is 9.72 Å². The molecule has 1 aromatic carbocycles. The molecule has 24 heavy (non-hydrogen) atoms. The van der Waals surface area contributed by atoms with Gasteiger partial charge in [-0.25, -0.2) is 4.98 Å². The minimum atomic E-state index is -0.275. The summed E-state index contributed by atoms with van der Waals surface area (Å²) < 4.78 is 7.77. The van der Waals surface area contributed by atoms with Crippen molar-refractivity contribution in [2.45, 2.75) is 45.4 Å². The topological polar surface area (TPSA) is 68.2 Å². The van der Waals surface area contributed by atoms with Crippen molar-refractivity contribution in [2.75, 3.05) is 19.7 Å². The van der Waals surface area contributed by atoms with E-state index < -0.39 is 0 Å². The number of carbonyl (C=O) groups is 1. The highest BCUT2D eigenvalue weighted by Crippen LogP contribution is 2.21. The number of para-hydroxylation sites is 2. The van der Waals surface area contributed by atoms with Gasteiger partial charge in [0.1, 0.15) is 11.9 Å². The molecule has 2 N–H and O–H groups in total. The van der Waals surface area contributed by atoms with Gasteiger partial charge in [-0.05, 0) is 32.9 Å². The number of carbonyl (C=O) groups excluding carboxylic acids is 1. The molecule has 0 saturated carbocycles. The highest BCUT2D eigenvalue weighted by atomic mass is 16.5. The zero-order valence-electron chi connectivity index (χ0n) is 14.6. The van der Waals surface area contributed by atoms with Crippen LogP contribution in [-0.4, -0.2) is 47.3 Å². The number of hydrogen-bond acceptors (Lipinski definition) is 4. The van der Waals surface area contributed by atoms with Crippen LogP contribution in [0.25, 0.3) is 11.0 Å². The first kappa shape index (κ1) is 16.9. The molecule has 6 heteroatoms. The molecule has 1 aliphatic rings. The fourth-order valence-corrected chi connectivity index (χ4v) is 3.28. The predicted molar refractivity (Wildman–Crippen MR) is 94.0 cm³/mol. The Labute approximate surface area is 142 Å². The molecule has 1 saturated heterocycles. The lowest BCUT2D eigenvalue weighted by molar-refractivity contribution is -0.128. The molecule has 1 fully saturated rings. The highest BCUT2D eigenvalue weighted by Gasteiger charge is 2.27. The number of benzene rings is 1. The second-order valence-electron chi connectivity index (χ2n) is 6.53. The molecule has 1 aromatic heterocycles. The Balaban J connectivity index is 1.65. The van der Waals surface area contributed by atoms with Gasteiger partial charge in [0.2, 0.25) is 5.91 Å². The maximum Gasteiger partial charge on any atom is 0.239 e. The molecule has 0 radical (unpaired) electrons. The molecule has 1 amide bonds. The third-order valence-corrected chi connectivity index (χ3v) is 4.43. The zero-order chi connectivity index (χ0) is 17.1. The van der Waals surface area contributed by atoms with Crippen LogP contribution in [-0.2, 0) is 16.0 Å². The number of nitrogens with zero attached hydrogens (tertiary/aromatic N) is 2. The number of fused-ring (bicyclic) bond motifs is 1. The van der Waals surface area contributed by atoms with Gasteiger partial charge < -0.3 is 19.9 Å². The smallest absolute Gasteiger partial charge is 0.239 e. The first-order valence-corrected chi connectivity index (χ1v) is 8.66. The van der Waals surface area contributed by atoms with Crippen molar-refractivity contribution in [3.8, 4) is 0 Å². The monoisotopic (exact) mass is 330 g/mol. The maximum absolute atomic E-state index is 12.3. The summed E-state index contributed by atoms with van der Waals surface area (Å²) in [4.78, 5) is 17.0. The number of imidazole rings is 1. The second-order valence-corrected chi connectivity index (χ2v) is 6.53. The first-order chi connectivity index (χ1) is 11.6. The summed E-state index contributed by atoms with van der Waals surface area (Å²) in [6.45, 7) is 8.17. The minimum absolute atomic E-state index is 0.00518. The van der Waals surface area contributed by atoms with Gasteiger partial charge in [-0.1, -0.05) is 12.1 Å². The Morgan fingerprint density at radius 2 is 2.25 bits per heavy atom. The molecule has 1 aliphatic heterocycles. The van der Waals surface area contributed by atoms with E-state index in [-0.39, 0.29) is 18.1 Å². The van der Waals surface area contributed by atoms with Crippen molar-refractivity contribution >= 4 is 16.9 Å². The largest absolute Gasteiger partial charge is 0.375 e. The number of amides is 1. The van der Waals surface area contributed by atoms with Crippen LogP contribution in [0.1, 0.15) is 32.6 Å². The molecule has 2 heterocycles. The Hall–Kier alpha value is -1.92. The predicted octanol–water partition coefficient (Wildman–Crippen LogP) is 1.65. The first-order valence-electron chi connectivity index (χ1n) is 8.66. The minimum Gasteiger partial charge on any atom is -0.375 e. The average Bonchev–Trinajstić information content (AvgIpc) is 2.93. The van der Waals surface area contributed by atoms with Crippen molar-refractivity contribution in [1.82, 2.24) is 20.2 Å². The number of morpholine rings is 1. The molecule has 2 aromatic rings. The van der Waals surface area contributed by atoms with E-state index in [9.17, 15) is 4.79 Å². The van der Waals surface area contributed by atoms with Crippen LogP contribution >= 0.6 is 0 Å². The van der Waals surface area contributed by atoms with Gasteiger partial charge in [-0.3, -0.25) is 4.79 Å². The Kier molecular flexibility index (Phi) is 5.16. The summed E-state index contributed by atoms with van der Waals surface area (Å²) >= 11 is 0. The van der Waals surface area contributed by atoms with Crippen molar-refractivity contribution < 1.29 is 9.53 Å². The van der Waals surface area contributed by atoms with Crippen molar-refractivity contribution in [2.24, 2.45) is 0 Å². The Morgan fingerprint density at radius 3 is 3.00 bits per heavy atom. The van der Waals surface area contributed by atoms with E-state index in [1.165, 1.54) is 0 Å². The summed E-state index contributed by atoms with van der Waals surface area (Å²) in [6, 6.07) is 8.21. The molecule has 0 aliphatic carbocycles. The lowest BCUT2D eigenvalue weighted by atomic mass is 10.1. The Bertz CT molecular complexity index is 710. The number of aromatic nitrogens is 2. The normalized spacial score (nSPS) is 21.3. The molecule has 0 unspecified atom stereocenters. The van der Waals surface area contributed by atoms with E-state index >= 15 is 0 Å². The molecule has 2 atom stereocenters. The SMILES string of the molecule is CC(C)n1c(CCNC(=O)[C@H]2NCCO[C@@H]2C)nc2ccccc21. The molecule has 3 rings (SSSR count). The van der Waals surface area contributed by atoms with E-state index in [1.807, 2.05) is 25.1 Å². The highest BCUT2D eigenvalue weighted by molar-refractivity contribution is 5.82. The average molecular weight is 330 g/mol. The Morgan fingerprint density at radius 1 is 1.46 bits per heavy atom. The van der Waals surface area contributed by atoms with E-state index in [1.54, 1.807) is 0 Å². The fourth-order valence-electron chi connectivity index (χ4n) is 3.28. The van der Waals surface area contributed by atoms with Gasteiger partial charge in [0.05, 0.1) is 23.7 Å². The van der Waals surface area contributed by atoms with Gasteiger partial charge in [0, 0.05) is 25.6 Å². The second kappa shape index (κ2) is 7.32. The lowest BCUT2D eigenvalue weighted by Crippen LogP contribution is -2.55. The van der Waals surface area contributed by atoms with Crippen LogP contribution in [0.15, 0.2) is 24.3 Å². The maximum atomic E-state index is 12.3. The quantitative estimate of drug-likeness (QED) is 0.875. The van der Waals surface area contributed by atoms with Gasteiger partial charge in [0.15, 0.2) is 0 Å². The van der Waals surface area contributed by atoms with Crippen LogP contribution in [0.5, 0.6) is 0 Å². The van der Waals surface area contributed by atoms with Gasteiger partial charge >= 0.3 is 0 Å². The summed E-state index contributed by atoms with van der Waals surface area (Å²) in [6.07, 6.45) is 0.611. The number of hydrogen-bond donors (Lipinski definition) is 2. The molecule has 0 bridgehead atoms. The van der Waals surface area contributed by atoms with Crippen LogP contribution in [0, 0.1) is 0 Å². The van der Waals surface area contributed by atoms with Gasteiger partial charge in [-0.2, -0.15) is 0 Å². The molecule has 0 spiro atoms. The fraction of sp³-hybridized carbons (Fsp3) is 0.556. The van der Waals surface area contributed by atoms with Crippen LogP contribution in [0.3, 0.4) is 0 Å². The third kappa shape index (κ3) is 3.44. The summed E-state index contributed by atoms with van der Waals surface area (Å²) in [5.41, 5.74) is 2.15. The standard InChI is InChI=1S/C18H26N4O2/c1-12(2)22-15-7-5-4-6-14(15)21-16(22)8-9-20-18(23)17-13(3)24-11-10-19-17/h4-7,12-13,17,19H,8-11H2,1-3H3,(H,20,23)/t13-,17+/m1/s1. The zero-order valence-corrected chi connectivity index (χ0v) is 14.6. The number of nitrogens with one attached hydrogen (secondary N) is 2. The van der Waals surface area contributed by atoms with E-state index in [0.29, 0.717) is 32.2 Å². The number of rotatable bonds is 5. The molecular weight excluding hydrogens is 304 g/mol. The van der Waals surface area contributed by atoms with Crippen LogP contribution in [0.4, 0.5) is 0 Å². The van der Waals surface area contributed by atoms with Gasteiger partial charge in [0.25, 0.3) is 0 Å². The molecule has 130 valence electrons. The number of ether oxygens (including phenoxy) is 1. The van der Waals surface area contributed by atoms with E-state index in [0.717, 1.165) is 16.9 Å². The van der Waals surface area contributed by atoms with Crippen molar-refractivity contribution in [1.29, 1.82) is 0 Å². The summed E-state index contributed by atoms with van der Waals surface area (Å²) in [5, 5.41) is 6.22. The van der Waals surface area contributed by atoms with Crippen LogP contribution < -0.4 is 10.6 Å². The lowest BCUT2D eigenvalue weighted by Gasteiger charge is -2.29. The molecular formula is C18H26N4O2. The summed E-state index contributed by atoms with van der Waals surface area (Å²) in [7, 11) is 0. The van der Waals surface area contributed by atoms with Crippen molar-refractivity contribution in [3.63, 3.8) is 0 Å². The van der Waals surface area contributed by atoms with Crippen LogP contribution in [0.2, 0.25) is 0 Å². The summed E-state index contributed by atoms with van der Waals surface area (Å²) in [5.74, 6) is 1.00. The van der Waals surface area contributed by atoms with Gasteiger partial charge in [-0.15, -0.1) is 0 Å².